The smallest absolute Gasteiger partial charge is 0.125 e. The van der Waals surface area contributed by atoms with Gasteiger partial charge in [-0.05, 0) is 19.9 Å². The Bertz CT molecular complexity index is 295. The first kappa shape index (κ1) is 12.0. The van der Waals surface area contributed by atoms with E-state index in [1.165, 1.54) is 0 Å². The van der Waals surface area contributed by atoms with Gasteiger partial charge in [-0.3, -0.25) is 0 Å². The molecule has 0 aliphatic rings. The highest BCUT2D eigenvalue weighted by Gasteiger charge is 2.08. The van der Waals surface area contributed by atoms with E-state index in [0.29, 0.717) is 18.8 Å². The van der Waals surface area contributed by atoms with Crippen LogP contribution in [-0.4, -0.2) is 22.9 Å². The Labute approximate surface area is 90.3 Å². The molecule has 15 heavy (non-hydrogen) atoms. The van der Waals surface area contributed by atoms with E-state index in [1.807, 2.05) is 24.3 Å². The molecule has 1 unspecified atom stereocenters. The van der Waals surface area contributed by atoms with Crippen molar-refractivity contribution in [2.45, 2.75) is 32.5 Å². The summed E-state index contributed by atoms with van der Waals surface area (Å²) in [7, 11) is 0. The van der Waals surface area contributed by atoms with Gasteiger partial charge in [0.2, 0.25) is 0 Å². The molecule has 0 aliphatic heterocycles. The maximum absolute atomic E-state index is 9.48. The summed E-state index contributed by atoms with van der Waals surface area (Å²) >= 11 is 0. The van der Waals surface area contributed by atoms with Gasteiger partial charge < -0.3 is 14.9 Å². The Morgan fingerprint density at radius 3 is 2.47 bits per heavy atom. The number of aliphatic hydroxyl groups is 2. The van der Waals surface area contributed by atoms with E-state index in [-0.39, 0.29) is 6.10 Å². The first-order chi connectivity index (χ1) is 7.11. The molecule has 2 N–H and O–H groups in total. The van der Waals surface area contributed by atoms with Crippen molar-refractivity contribution in [3.8, 4) is 5.75 Å². The van der Waals surface area contributed by atoms with E-state index in [9.17, 15) is 5.11 Å². The molecule has 0 saturated carbocycles. The fraction of sp³-hybridized carbons (Fsp3) is 0.500. The van der Waals surface area contributed by atoms with Crippen LogP contribution < -0.4 is 4.74 Å². The predicted molar refractivity (Wildman–Crippen MR) is 58.9 cm³/mol. The molecular formula is C12H18O3. The minimum Gasteiger partial charge on any atom is -0.493 e. The summed E-state index contributed by atoms with van der Waals surface area (Å²) in [6, 6.07) is 7.39. The van der Waals surface area contributed by atoms with Gasteiger partial charge in [0.05, 0.1) is 18.8 Å². The third-order valence-electron chi connectivity index (χ3n) is 2.16. The number of rotatable bonds is 5. The van der Waals surface area contributed by atoms with Crippen LogP contribution in [0.3, 0.4) is 0 Å². The van der Waals surface area contributed by atoms with Crippen LogP contribution in [0.15, 0.2) is 24.3 Å². The van der Waals surface area contributed by atoms with Gasteiger partial charge in [0.15, 0.2) is 0 Å². The van der Waals surface area contributed by atoms with Crippen LogP contribution in [0.5, 0.6) is 5.75 Å². The van der Waals surface area contributed by atoms with Crippen LogP contribution in [0.25, 0.3) is 0 Å². The highest BCUT2D eigenvalue weighted by atomic mass is 16.5. The zero-order chi connectivity index (χ0) is 11.3. The van der Waals surface area contributed by atoms with Crippen molar-refractivity contribution in [2.24, 2.45) is 0 Å². The van der Waals surface area contributed by atoms with E-state index in [1.54, 1.807) is 13.8 Å². The molecule has 0 amide bonds. The highest BCUT2D eigenvalue weighted by Crippen LogP contribution is 2.24. The summed E-state index contributed by atoms with van der Waals surface area (Å²) in [6.07, 6.45) is -0.301. The normalized spacial score (nSPS) is 14.7. The molecule has 2 atom stereocenters. The van der Waals surface area contributed by atoms with Gasteiger partial charge >= 0.3 is 0 Å². The maximum Gasteiger partial charge on any atom is 0.125 e. The monoisotopic (exact) mass is 210 g/mol. The Kier molecular flexibility index (Phi) is 4.59. The van der Waals surface area contributed by atoms with Crippen molar-refractivity contribution in [3.05, 3.63) is 29.8 Å². The van der Waals surface area contributed by atoms with Crippen LogP contribution >= 0.6 is 0 Å². The van der Waals surface area contributed by atoms with Gasteiger partial charge in [0.1, 0.15) is 5.75 Å². The van der Waals surface area contributed by atoms with E-state index < -0.39 is 6.10 Å². The molecule has 3 nitrogen and oxygen atoms in total. The molecule has 0 bridgehead atoms. The Balaban J connectivity index is 2.59. The van der Waals surface area contributed by atoms with Crippen LogP contribution in [0.2, 0.25) is 0 Å². The molecule has 0 fully saturated rings. The van der Waals surface area contributed by atoms with Crippen LogP contribution in [-0.2, 0) is 0 Å². The van der Waals surface area contributed by atoms with E-state index >= 15 is 0 Å². The van der Waals surface area contributed by atoms with E-state index in [4.69, 9.17) is 9.84 Å². The van der Waals surface area contributed by atoms with Crippen molar-refractivity contribution < 1.29 is 14.9 Å². The number of benzene rings is 1. The molecule has 1 rings (SSSR count). The highest BCUT2D eigenvalue weighted by molar-refractivity contribution is 5.34. The average Bonchev–Trinajstić information content (AvgIpc) is 2.17. The molecule has 0 spiro atoms. The molecule has 84 valence electrons. The lowest BCUT2D eigenvalue weighted by Gasteiger charge is -2.13. The van der Waals surface area contributed by atoms with Crippen molar-refractivity contribution in [1.82, 2.24) is 0 Å². The molecular weight excluding hydrogens is 192 g/mol. The molecule has 0 aromatic heterocycles. The van der Waals surface area contributed by atoms with Crippen LogP contribution in [0.4, 0.5) is 0 Å². The Morgan fingerprint density at radius 1 is 1.20 bits per heavy atom. The van der Waals surface area contributed by atoms with Crippen molar-refractivity contribution >= 4 is 0 Å². The van der Waals surface area contributed by atoms with Crippen LogP contribution in [0, 0.1) is 0 Å². The minimum absolute atomic E-state index is 0.358. The molecule has 0 saturated heterocycles. The standard InChI is InChI=1S/C12H18O3/c1-9(13)7-8-15-12-6-4-3-5-11(12)10(2)14/h3-6,9-10,13-14H,7-8H2,1-2H3/t9?,10-/m0/s1. The first-order valence-electron chi connectivity index (χ1n) is 5.19. The average molecular weight is 210 g/mol. The molecule has 3 heteroatoms. The van der Waals surface area contributed by atoms with Gasteiger partial charge in [-0.2, -0.15) is 0 Å². The molecule has 1 aromatic rings. The van der Waals surface area contributed by atoms with E-state index in [0.717, 1.165) is 5.56 Å². The maximum atomic E-state index is 9.48. The molecule has 0 aliphatic carbocycles. The predicted octanol–water partition coefficient (Wildman–Crippen LogP) is 1.89. The van der Waals surface area contributed by atoms with Gasteiger partial charge in [-0.25, -0.2) is 0 Å². The number of hydrogen-bond acceptors (Lipinski definition) is 3. The summed E-state index contributed by atoms with van der Waals surface area (Å²) < 4.78 is 5.49. The quantitative estimate of drug-likeness (QED) is 0.780. The lowest BCUT2D eigenvalue weighted by molar-refractivity contribution is 0.151. The fourth-order valence-electron chi connectivity index (χ4n) is 1.30. The Morgan fingerprint density at radius 2 is 1.87 bits per heavy atom. The lowest BCUT2D eigenvalue weighted by atomic mass is 10.1. The van der Waals surface area contributed by atoms with Gasteiger partial charge in [0.25, 0.3) is 0 Å². The second-order valence-corrected chi connectivity index (χ2v) is 3.70. The third kappa shape index (κ3) is 3.90. The third-order valence-corrected chi connectivity index (χ3v) is 2.16. The van der Waals surface area contributed by atoms with E-state index in [2.05, 4.69) is 0 Å². The summed E-state index contributed by atoms with van der Waals surface area (Å²) in [5.41, 5.74) is 0.781. The summed E-state index contributed by atoms with van der Waals surface area (Å²) in [5.74, 6) is 0.688. The largest absolute Gasteiger partial charge is 0.493 e. The SMILES string of the molecule is CC(O)CCOc1ccccc1[C@H](C)O. The molecule has 0 heterocycles. The van der Waals surface area contributed by atoms with Crippen molar-refractivity contribution in [2.75, 3.05) is 6.61 Å². The number of hydrogen-bond donors (Lipinski definition) is 2. The van der Waals surface area contributed by atoms with Gasteiger partial charge in [-0.15, -0.1) is 0 Å². The first-order valence-corrected chi connectivity index (χ1v) is 5.19. The topological polar surface area (TPSA) is 49.7 Å². The number of para-hydroxylation sites is 1. The zero-order valence-electron chi connectivity index (χ0n) is 9.18. The second-order valence-electron chi connectivity index (χ2n) is 3.70. The number of ether oxygens (including phenoxy) is 1. The van der Waals surface area contributed by atoms with Crippen molar-refractivity contribution in [3.63, 3.8) is 0 Å². The second kappa shape index (κ2) is 5.73. The fourth-order valence-corrected chi connectivity index (χ4v) is 1.30. The lowest BCUT2D eigenvalue weighted by Crippen LogP contribution is -2.08. The van der Waals surface area contributed by atoms with Gasteiger partial charge in [-0.1, -0.05) is 18.2 Å². The van der Waals surface area contributed by atoms with Crippen LogP contribution in [0.1, 0.15) is 31.9 Å². The summed E-state index contributed by atoms with van der Waals surface area (Å²) in [5, 5.41) is 18.6. The van der Waals surface area contributed by atoms with Crippen molar-refractivity contribution in [1.29, 1.82) is 0 Å². The zero-order valence-corrected chi connectivity index (χ0v) is 9.18. The van der Waals surface area contributed by atoms with Gasteiger partial charge in [0, 0.05) is 12.0 Å². The summed E-state index contributed by atoms with van der Waals surface area (Å²) in [6.45, 7) is 3.89. The minimum atomic E-state index is -0.534. The Hall–Kier alpha value is -1.06. The summed E-state index contributed by atoms with van der Waals surface area (Å²) in [4.78, 5) is 0. The molecule has 1 aromatic carbocycles. The number of aliphatic hydroxyl groups excluding tert-OH is 2. The molecule has 0 radical (unpaired) electrons.